The minimum absolute atomic E-state index is 0. The molecule has 2 aliphatic carbocycles. The molecule has 3 rings (SSSR count). The van der Waals surface area contributed by atoms with Crippen LogP contribution in [0.25, 0.3) is 0 Å². The zero-order chi connectivity index (χ0) is 12.6. The summed E-state index contributed by atoms with van der Waals surface area (Å²) in [6, 6.07) is 0. The highest BCUT2D eigenvalue weighted by atomic mass is 35.5. The van der Waals surface area contributed by atoms with Crippen LogP contribution in [0.2, 0.25) is 0 Å². The smallest absolute Gasteiger partial charge is 0.223 e. The summed E-state index contributed by atoms with van der Waals surface area (Å²) < 4.78 is 0. The molecule has 0 unspecified atom stereocenters. The molecule has 0 aromatic carbocycles. The lowest BCUT2D eigenvalue weighted by Gasteiger charge is -2.34. The van der Waals surface area contributed by atoms with E-state index in [1.54, 1.807) is 0 Å². The van der Waals surface area contributed by atoms with Gasteiger partial charge in [-0.2, -0.15) is 0 Å². The van der Waals surface area contributed by atoms with Gasteiger partial charge in [-0.05, 0) is 68.9 Å². The normalized spacial score (nSPS) is 25.8. The van der Waals surface area contributed by atoms with Crippen LogP contribution in [0.1, 0.15) is 45.4 Å². The van der Waals surface area contributed by atoms with Gasteiger partial charge < -0.3 is 10.6 Å². The lowest BCUT2D eigenvalue weighted by Crippen LogP contribution is -2.44. The summed E-state index contributed by atoms with van der Waals surface area (Å²) in [6.07, 6.45) is 7.52. The molecule has 0 spiro atoms. The molecule has 110 valence electrons. The third-order valence-corrected chi connectivity index (χ3v) is 5.06. The van der Waals surface area contributed by atoms with Crippen LogP contribution < -0.4 is 10.6 Å². The van der Waals surface area contributed by atoms with Crippen molar-refractivity contribution in [2.45, 2.75) is 45.4 Å². The molecule has 1 amide bonds. The van der Waals surface area contributed by atoms with E-state index < -0.39 is 0 Å². The van der Waals surface area contributed by atoms with Crippen molar-refractivity contribution in [2.24, 2.45) is 23.2 Å². The highest BCUT2D eigenvalue weighted by Crippen LogP contribution is 2.49. The number of hydrogen-bond donors (Lipinski definition) is 2. The first-order valence-corrected chi connectivity index (χ1v) is 7.66. The summed E-state index contributed by atoms with van der Waals surface area (Å²) >= 11 is 0. The van der Waals surface area contributed by atoms with Gasteiger partial charge in [0.1, 0.15) is 0 Å². The van der Waals surface area contributed by atoms with Crippen LogP contribution in [-0.2, 0) is 4.79 Å². The molecule has 4 heteroatoms. The van der Waals surface area contributed by atoms with Crippen LogP contribution in [0.5, 0.6) is 0 Å². The quantitative estimate of drug-likeness (QED) is 0.815. The van der Waals surface area contributed by atoms with E-state index >= 15 is 0 Å². The second kappa shape index (κ2) is 6.01. The molecule has 0 aromatic heterocycles. The van der Waals surface area contributed by atoms with Crippen molar-refractivity contribution in [3.05, 3.63) is 0 Å². The summed E-state index contributed by atoms with van der Waals surface area (Å²) in [4.78, 5) is 12.4. The first-order valence-electron chi connectivity index (χ1n) is 7.66. The zero-order valence-electron chi connectivity index (χ0n) is 11.9. The Kier molecular flexibility index (Phi) is 4.78. The fraction of sp³-hybridized carbons (Fsp3) is 0.933. The lowest BCUT2D eigenvalue weighted by atomic mass is 9.81. The van der Waals surface area contributed by atoms with Crippen molar-refractivity contribution in [3.8, 4) is 0 Å². The Balaban J connectivity index is 0.00000133. The van der Waals surface area contributed by atoms with Gasteiger partial charge in [-0.15, -0.1) is 12.4 Å². The third-order valence-electron chi connectivity index (χ3n) is 5.06. The summed E-state index contributed by atoms with van der Waals surface area (Å²) in [5.41, 5.74) is 0.318. The first-order chi connectivity index (χ1) is 8.68. The van der Waals surface area contributed by atoms with E-state index in [-0.39, 0.29) is 12.4 Å². The maximum atomic E-state index is 12.4. The third kappa shape index (κ3) is 3.85. The Bertz CT molecular complexity index is 308. The maximum absolute atomic E-state index is 12.4. The summed E-state index contributed by atoms with van der Waals surface area (Å²) in [5, 5.41) is 6.66. The van der Waals surface area contributed by atoms with Gasteiger partial charge in [-0.1, -0.05) is 6.92 Å². The molecule has 0 bridgehead atoms. The fourth-order valence-corrected chi connectivity index (χ4v) is 3.35. The van der Waals surface area contributed by atoms with Crippen LogP contribution in [0.15, 0.2) is 0 Å². The molecular weight excluding hydrogens is 260 g/mol. The number of rotatable bonds is 5. The molecule has 2 N–H and O–H groups in total. The van der Waals surface area contributed by atoms with E-state index in [1.165, 1.54) is 38.5 Å². The van der Waals surface area contributed by atoms with Crippen molar-refractivity contribution in [1.29, 1.82) is 0 Å². The number of piperidine rings is 1. The number of carbonyl (C=O) groups excluding carboxylic acids is 1. The van der Waals surface area contributed by atoms with Gasteiger partial charge in [0.15, 0.2) is 0 Å². The van der Waals surface area contributed by atoms with Gasteiger partial charge in [0.25, 0.3) is 0 Å². The van der Waals surface area contributed by atoms with Crippen LogP contribution in [0.3, 0.4) is 0 Å². The lowest BCUT2D eigenvalue weighted by molar-refractivity contribution is -0.126. The van der Waals surface area contributed by atoms with Gasteiger partial charge in [0, 0.05) is 12.5 Å². The van der Waals surface area contributed by atoms with E-state index in [4.69, 9.17) is 0 Å². The van der Waals surface area contributed by atoms with Gasteiger partial charge >= 0.3 is 0 Å². The maximum Gasteiger partial charge on any atom is 0.223 e. The van der Waals surface area contributed by atoms with Gasteiger partial charge in [-0.25, -0.2) is 0 Å². The molecule has 19 heavy (non-hydrogen) atoms. The molecule has 1 heterocycles. The monoisotopic (exact) mass is 286 g/mol. The average molecular weight is 287 g/mol. The molecule has 0 aromatic rings. The molecule has 0 radical (unpaired) electrons. The van der Waals surface area contributed by atoms with E-state index in [1.807, 2.05) is 0 Å². The Morgan fingerprint density at radius 2 is 1.74 bits per heavy atom. The Labute approximate surface area is 122 Å². The van der Waals surface area contributed by atoms with Crippen molar-refractivity contribution < 1.29 is 4.79 Å². The highest BCUT2D eigenvalue weighted by Gasteiger charge is 2.45. The van der Waals surface area contributed by atoms with Crippen molar-refractivity contribution in [2.75, 3.05) is 19.6 Å². The van der Waals surface area contributed by atoms with E-state index in [9.17, 15) is 4.79 Å². The van der Waals surface area contributed by atoms with Gasteiger partial charge in [0.05, 0.1) is 0 Å². The second-order valence-electron chi connectivity index (χ2n) is 6.98. The number of carbonyl (C=O) groups is 1. The van der Waals surface area contributed by atoms with E-state index in [2.05, 4.69) is 17.6 Å². The fourth-order valence-electron chi connectivity index (χ4n) is 3.35. The number of halogens is 1. The second-order valence-corrected chi connectivity index (χ2v) is 6.98. The summed E-state index contributed by atoms with van der Waals surface area (Å²) in [6.45, 7) is 5.39. The summed E-state index contributed by atoms with van der Waals surface area (Å²) in [7, 11) is 0. The van der Waals surface area contributed by atoms with Crippen molar-refractivity contribution in [3.63, 3.8) is 0 Å². The minimum atomic E-state index is 0. The number of amides is 1. The minimum Gasteiger partial charge on any atom is -0.355 e. The predicted molar refractivity (Wildman–Crippen MR) is 79.4 cm³/mol. The molecular formula is C15H27ClN2O. The van der Waals surface area contributed by atoms with Crippen molar-refractivity contribution in [1.82, 2.24) is 10.6 Å². The molecule has 3 nitrogen and oxygen atoms in total. The topological polar surface area (TPSA) is 41.1 Å². The van der Waals surface area contributed by atoms with E-state index in [0.29, 0.717) is 17.2 Å². The van der Waals surface area contributed by atoms with Crippen LogP contribution in [0.4, 0.5) is 0 Å². The SMILES string of the molecule is CC1(CNC(=O)C(C2CC2)C2CC2)CCNCC1.Cl. The van der Waals surface area contributed by atoms with Crippen LogP contribution >= 0.6 is 12.4 Å². The van der Waals surface area contributed by atoms with Gasteiger partial charge in [0.2, 0.25) is 5.91 Å². The number of nitrogens with one attached hydrogen (secondary N) is 2. The molecule has 0 atom stereocenters. The van der Waals surface area contributed by atoms with E-state index in [0.717, 1.165) is 31.5 Å². The van der Waals surface area contributed by atoms with Crippen molar-refractivity contribution >= 4 is 18.3 Å². The zero-order valence-corrected chi connectivity index (χ0v) is 12.7. The highest BCUT2D eigenvalue weighted by molar-refractivity contribution is 5.85. The Morgan fingerprint density at radius 3 is 2.21 bits per heavy atom. The van der Waals surface area contributed by atoms with Crippen LogP contribution in [-0.4, -0.2) is 25.5 Å². The first kappa shape index (κ1) is 15.1. The molecule has 3 fully saturated rings. The molecule has 1 aliphatic heterocycles. The average Bonchev–Trinajstić information content (AvgIpc) is 3.22. The molecule has 1 saturated heterocycles. The Morgan fingerprint density at radius 1 is 1.21 bits per heavy atom. The summed E-state index contributed by atoms with van der Waals surface area (Å²) in [5.74, 6) is 2.16. The molecule has 2 saturated carbocycles. The van der Waals surface area contributed by atoms with Crippen LogP contribution in [0, 0.1) is 23.2 Å². The predicted octanol–water partition coefficient (Wildman–Crippen LogP) is 2.35. The standard InChI is InChI=1S/C15H26N2O.ClH/c1-15(6-8-16-9-7-15)10-17-14(18)13(11-2-3-11)12-4-5-12;/h11-13,16H,2-10H2,1H3,(H,17,18);1H. The Hall–Kier alpha value is -0.280. The number of hydrogen-bond acceptors (Lipinski definition) is 2. The largest absolute Gasteiger partial charge is 0.355 e. The van der Waals surface area contributed by atoms with Gasteiger partial charge in [-0.3, -0.25) is 4.79 Å². The molecule has 3 aliphatic rings.